The Bertz CT molecular complexity index is 2200. The van der Waals surface area contributed by atoms with Crippen molar-refractivity contribution in [2.45, 2.75) is 252 Å². The van der Waals surface area contributed by atoms with Gasteiger partial charge in [0.15, 0.2) is 48.0 Å². The molecule has 0 aromatic carbocycles. The second kappa shape index (κ2) is 33.9. The van der Waals surface area contributed by atoms with Crippen LogP contribution in [0.5, 0.6) is 0 Å². The summed E-state index contributed by atoms with van der Waals surface area (Å²) < 4.78 is 73.0. The lowest BCUT2D eigenvalue weighted by atomic mass is 9.84. The topological polar surface area (TPSA) is 714 Å². The van der Waals surface area contributed by atoms with E-state index < -0.39 is 233 Å². The molecule has 0 amide bonds. The Morgan fingerprint density at radius 2 is 0.570 bits per heavy atom. The first-order valence-electron chi connectivity index (χ1n) is 31.0. The maximum absolute atomic E-state index is 11.9. The van der Waals surface area contributed by atoms with Crippen molar-refractivity contribution in [1.82, 2.24) is 21.3 Å². The molecule has 0 aromatic rings. The molecule has 6 heterocycles. The average Bonchev–Trinajstić information content (AvgIpc) is 1.80. The molecule has 40 nitrogen and oxygen atoms in total. The number of thiocarbonyl (C=S) groups is 2. The van der Waals surface area contributed by atoms with Crippen LogP contribution in [0, 0.1) is 0 Å². The number of hydrogen-bond acceptors (Lipinski definition) is 38. The van der Waals surface area contributed by atoms with Gasteiger partial charge in [-0.3, -0.25) is 0 Å². The van der Waals surface area contributed by atoms with E-state index in [-0.39, 0.29) is 75.4 Å². The second-order valence-corrected chi connectivity index (χ2v) is 25.6. The third-order valence-corrected chi connectivity index (χ3v) is 18.8. The number of hydrogen-bond donors (Lipinski definition) is 28. The van der Waals surface area contributed by atoms with Crippen LogP contribution in [0.15, 0.2) is 0 Å². The number of nitrogens with one attached hydrogen (secondary N) is 4. The lowest BCUT2D eigenvalue weighted by Gasteiger charge is -2.47. The minimum Gasteiger partial charge on any atom is -0.389 e. The zero-order valence-corrected chi connectivity index (χ0v) is 52.4. The highest BCUT2D eigenvalue weighted by Gasteiger charge is 2.57. The van der Waals surface area contributed by atoms with Gasteiger partial charge in [0.1, 0.15) is 134 Å². The summed E-state index contributed by atoms with van der Waals surface area (Å²) in [5, 5.41) is 144. The summed E-state index contributed by atoms with van der Waals surface area (Å²) in [5.41, 5.74) is 73.7. The van der Waals surface area contributed by atoms with Gasteiger partial charge in [-0.05, 0) is 43.7 Å². The van der Waals surface area contributed by atoms with Crippen LogP contribution in [-0.4, -0.2) is 356 Å². The van der Waals surface area contributed by atoms with Crippen molar-refractivity contribution in [3.8, 4) is 0 Å². The van der Waals surface area contributed by atoms with Gasteiger partial charge in [-0.2, -0.15) is 0 Å². The van der Waals surface area contributed by atoms with Gasteiger partial charge in [-0.25, -0.2) is 0 Å². The van der Waals surface area contributed by atoms with Crippen molar-refractivity contribution in [3.05, 3.63) is 0 Å². The molecule has 2 aliphatic carbocycles. The van der Waals surface area contributed by atoms with E-state index in [1.54, 1.807) is 0 Å². The van der Waals surface area contributed by atoms with Crippen LogP contribution >= 0.6 is 24.4 Å². The molecule has 2 saturated carbocycles. The molecule has 42 heteroatoms. The molecule has 8 fully saturated rings. The Hall–Kier alpha value is -2.06. The minimum atomic E-state index is -1.71. The zero-order chi connectivity index (χ0) is 68.2. The van der Waals surface area contributed by atoms with Crippen molar-refractivity contribution < 1.29 is 118 Å². The Morgan fingerprint density at radius 3 is 0.849 bits per heavy atom. The standard InChI is InChI=1S/C51H100N16O24S2/c52-6-16-28(70)32(74)22(60)44(80-16)86-38-14(58)4-12(56)26(68)42(38)90-48-36(78)40(88-46-24(62)34(76)30(72)18(8-54)82-46)20(84-48)10-66-50(92)64-2-1-3-65-51(93)67-11-21-41(89-47-25(63)35(77)31(73)19(9-55)83-47)37(79)49(85-21)91-43-27(69)13(57)5-15(59)39(43)87-45-23(61)33(75)29(71)17(7-53)81-45/h12-49,68-79H,1-11,52-63H2,(H2,64,66,92)(H2,65,67,93)/t12-,13+,14?,15?,16?,17?,18+,19-,20-,21-,22?,23?,24?,25?,26?,27+,28?,29?,30?,31?,32-,33-,34?,35?,36?,37?,38?,39?,40+,41?,42-,43?,44+,45+,46-,47+,48+,49+/m1/s1. The van der Waals surface area contributed by atoms with Gasteiger partial charge in [0.25, 0.3) is 0 Å². The van der Waals surface area contributed by atoms with E-state index in [2.05, 4.69) is 21.3 Å². The fraction of sp³-hybridized carbons (Fsp3) is 0.961. The van der Waals surface area contributed by atoms with Gasteiger partial charge >= 0.3 is 0 Å². The summed E-state index contributed by atoms with van der Waals surface area (Å²) in [4.78, 5) is 0. The van der Waals surface area contributed by atoms with Crippen molar-refractivity contribution in [2.75, 3.05) is 52.4 Å². The predicted octanol–water partition coefficient (Wildman–Crippen LogP) is -17.4. The number of nitrogens with two attached hydrogens (primary N) is 12. The third-order valence-electron chi connectivity index (χ3n) is 18.2. The first kappa shape index (κ1) is 76.7. The van der Waals surface area contributed by atoms with E-state index >= 15 is 0 Å². The van der Waals surface area contributed by atoms with Gasteiger partial charge in [0, 0.05) is 76.5 Å². The molecule has 93 heavy (non-hydrogen) atoms. The van der Waals surface area contributed by atoms with Gasteiger partial charge in [-0.1, -0.05) is 0 Å². The van der Waals surface area contributed by atoms with Gasteiger partial charge in [0.2, 0.25) is 0 Å². The van der Waals surface area contributed by atoms with Crippen LogP contribution in [0.1, 0.15) is 19.3 Å². The molecular formula is C51H100N16O24S2. The zero-order valence-electron chi connectivity index (χ0n) is 50.7. The van der Waals surface area contributed by atoms with E-state index in [1.807, 2.05) is 0 Å². The predicted molar refractivity (Wildman–Crippen MR) is 324 cm³/mol. The molecule has 21 unspecified atom stereocenters. The summed E-state index contributed by atoms with van der Waals surface area (Å²) in [6.45, 7) is -0.837. The molecule has 0 bridgehead atoms. The largest absolute Gasteiger partial charge is 0.389 e. The first-order chi connectivity index (χ1) is 44.0. The van der Waals surface area contributed by atoms with Crippen LogP contribution in [0.2, 0.25) is 0 Å². The van der Waals surface area contributed by atoms with Crippen molar-refractivity contribution in [2.24, 2.45) is 68.8 Å². The highest BCUT2D eigenvalue weighted by molar-refractivity contribution is 7.80. The Labute approximate surface area is 545 Å². The molecular weight excluding hydrogens is 1280 g/mol. The molecule has 8 aliphatic rings. The molecule has 8 rings (SSSR count). The van der Waals surface area contributed by atoms with E-state index in [0.29, 0.717) is 6.42 Å². The van der Waals surface area contributed by atoms with Crippen molar-refractivity contribution in [3.63, 3.8) is 0 Å². The van der Waals surface area contributed by atoms with Crippen molar-refractivity contribution in [1.29, 1.82) is 0 Å². The Balaban J connectivity index is 0.876. The van der Waals surface area contributed by atoms with Gasteiger partial charge in [-0.15, -0.1) is 0 Å². The lowest BCUT2D eigenvalue weighted by Crippen LogP contribution is -2.68. The third kappa shape index (κ3) is 17.4. The molecule has 40 N–H and O–H groups in total. The quantitative estimate of drug-likeness (QED) is 0.0315. The van der Waals surface area contributed by atoms with Crippen LogP contribution in [0.3, 0.4) is 0 Å². The number of aliphatic hydroxyl groups is 12. The summed E-state index contributed by atoms with van der Waals surface area (Å²) in [7, 11) is 0. The molecule has 6 saturated heterocycles. The molecule has 0 spiro atoms. The van der Waals surface area contributed by atoms with E-state index in [4.69, 9.17) is 150 Å². The summed E-state index contributed by atoms with van der Waals surface area (Å²) in [6, 6.07) is -9.18. The van der Waals surface area contributed by atoms with Crippen LogP contribution in [-0.2, 0) is 56.8 Å². The molecule has 0 aromatic heterocycles. The smallest absolute Gasteiger partial charge is 0.187 e. The fourth-order valence-electron chi connectivity index (χ4n) is 12.5. The van der Waals surface area contributed by atoms with Crippen molar-refractivity contribution >= 4 is 34.7 Å². The Kier molecular flexibility index (Phi) is 27.9. The second-order valence-electron chi connectivity index (χ2n) is 24.8. The van der Waals surface area contributed by atoms with E-state index in [0.717, 1.165) is 0 Å². The first-order valence-corrected chi connectivity index (χ1v) is 31.8. The molecule has 0 radical (unpaired) electrons. The van der Waals surface area contributed by atoms with Crippen LogP contribution in [0.25, 0.3) is 0 Å². The average molecular weight is 1390 g/mol. The van der Waals surface area contributed by atoms with E-state index in [9.17, 15) is 61.3 Å². The maximum atomic E-state index is 11.9. The lowest BCUT2D eigenvalue weighted by molar-refractivity contribution is -0.306. The fourth-order valence-corrected chi connectivity index (χ4v) is 12.9. The maximum Gasteiger partial charge on any atom is 0.187 e. The highest BCUT2D eigenvalue weighted by atomic mass is 32.1. The molecule has 540 valence electrons. The summed E-state index contributed by atoms with van der Waals surface area (Å²) in [6.07, 6.45) is -42.1. The summed E-state index contributed by atoms with van der Waals surface area (Å²) in [5.74, 6) is 0. The van der Waals surface area contributed by atoms with Gasteiger partial charge in [0.05, 0.1) is 36.4 Å². The monoisotopic (exact) mass is 1380 g/mol. The van der Waals surface area contributed by atoms with Crippen LogP contribution < -0.4 is 90.1 Å². The SMILES string of the molecule is NCC1O[C@@H](OC2C(N)C[C@H](N)[C@H](O)C2O[C@@H]2O[C@H](CNC(=S)NCCCNC(=S)NC[C@H]3O[C@@H](O[C@H]4C(O[C@@H]5OC(CN)C(O)[C@H](O)C5N)C(N)C[C@@H](N)C4O)C(O)[C@H]3O[C@H]3O[C@@H](CN)C(O)C(O)C3N)C(O[C@@H]3O[C@H](CN)C(O)C(O)C3N)C2O)C(N)[C@@H](O)C1O. The summed E-state index contributed by atoms with van der Waals surface area (Å²) >= 11 is 11.2. The number of ether oxygens (including phenoxy) is 12. The number of aliphatic hydroxyl groups excluding tert-OH is 12. The normalized spacial score (nSPS) is 49.7. The van der Waals surface area contributed by atoms with Gasteiger partial charge < -0.3 is 208 Å². The highest BCUT2D eigenvalue weighted by Crippen LogP contribution is 2.37. The van der Waals surface area contributed by atoms with Crippen LogP contribution in [0.4, 0.5) is 0 Å². The van der Waals surface area contributed by atoms with E-state index in [1.165, 1.54) is 0 Å². The Morgan fingerprint density at radius 1 is 0.312 bits per heavy atom. The molecule has 38 atom stereocenters. The minimum absolute atomic E-state index is 0.0125. The molecule has 6 aliphatic heterocycles. The number of rotatable bonds is 24.